The van der Waals surface area contributed by atoms with Gasteiger partial charge in [-0.05, 0) is 42.3 Å². The topological polar surface area (TPSA) is 56.2 Å². The first kappa shape index (κ1) is 23.2. The minimum absolute atomic E-state index is 0.191. The minimum atomic E-state index is -0.241. The number of hydrogen-bond donors (Lipinski definition) is 1. The van der Waals surface area contributed by atoms with E-state index in [2.05, 4.69) is 41.6 Å². The van der Waals surface area contributed by atoms with E-state index in [1.54, 1.807) is 47.4 Å². The highest BCUT2D eigenvalue weighted by molar-refractivity contribution is 6.40. The quantitative estimate of drug-likeness (QED) is 0.296. The third kappa shape index (κ3) is 6.08. The van der Waals surface area contributed by atoms with Crippen molar-refractivity contribution in [2.75, 3.05) is 5.32 Å². The molecule has 1 heterocycles. The van der Waals surface area contributed by atoms with Crippen molar-refractivity contribution >= 4 is 46.4 Å². The Balaban J connectivity index is 1.39. The second kappa shape index (κ2) is 10.3. The van der Waals surface area contributed by atoms with Crippen LogP contribution < -0.4 is 10.1 Å². The molecule has 1 aromatic heterocycles. The zero-order valence-electron chi connectivity index (χ0n) is 17.7. The number of carbonyl (C=O) groups is 1. The molecule has 5 nitrogen and oxygen atoms in total. The summed E-state index contributed by atoms with van der Waals surface area (Å²) in [6.07, 6.45) is 3.43. The Morgan fingerprint density at radius 2 is 1.73 bits per heavy atom. The lowest BCUT2D eigenvalue weighted by Crippen LogP contribution is -2.12. The molecule has 0 aliphatic carbocycles. The van der Waals surface area contributed by atoms with Gasteiger partial charge in [-0.2, -0.15) is 5.10 Å². The number of nitrogens with one attached hydrogen (secondary N) is 1. The number of hydrogen-bond acceptors (Lipinski definition) is 3. The van der Waals surface area contributed by atoms with E-state index in [0.717, 1.165) is 11.1 Å². The molecule has 4 rings (SSSR count). The van der Waals surface area contributed by atoms with Gasteiger partial charge in [-0.3, -0.25) is 9.48 Å². The van der Waals surface area contributed by atoms with Crippen molar-refractivity contribution in [3.63, 3.8) is 0 Å². The van der Waals surface area contributed by atoms with Crippen molar-refractivity contribution in [2.45, 2.75) is 20.1 Å². The third-order valence-corrected chi connectivity index (χ3v) is 5.67. The molecule has 168 valence electrons. The number of benzene rings is 3. The smallest absolute Gasteiger partial charge is 0.255 e. The summed E-state index contributed by atoms with van der Waals surface area (Å²) in [6, 6.07) is 18.5. The summed E-state index contributed by atoms with van der Waals surface area (Å²) in [5.41, 5.74) is 4.25. The summed E-state index contributed by atoms with van der Waals surface area (Å²) in [4.78, 5) is 12.7. The van der Waals surface area contributed by atoms with E-state index >= 15 is 0 Å². The molecule has 4 aromatic rings. The van der Waals surface area contributed by atoms with Gasteiger partial charge in [0.05, 0.1) is 28.5 Å². The van der Waals surface area contributed by atoms with Crippen molar-refractivity contribution in [1.29, 1.82) is 0 Å². The molecule has 0 bridgehead atoms. The van der Waals surface area contributed by atoms with Crippen molar-refractivity contribution in [1.82, 2.24) is 9.78 Å². The summed E-state index contributed by atoms with van der Waals surface area (Å²) in [6.45, 7) is 2.86. The number of halogens is 3. The van der Waals surface area contributed by atoms with Crippen LogP contribution >= 0.6 is 34.8 Å². The van der Waals surface area contributed by atoms with Gasteiger partial charge in [0.15, 0.2) is 5.75 Å². The molecule has 1 N–H and O–H groups in total. The van der Waals surface area contributed by atoms with Crippen LogP contribution in [0.1, 0.15) is 27.0 Å². The van der Waals surface area contributed by atoms with E-state index in [4.69, 9.17) is 39.5 Å². The largest absolute Gasteiger partial charge is 0.486 e. The highest BCUT2D eigenvalue weighted by Crippen LogP contribution is 2.36. The standard InChI is InChI=1S/C25H20Cl3N3O2/c1-16-5-7-17(8-6-16)13-31-14-21(12-29-31)30-25(32)19-4-2-3-18(9-19)15-33-24-22(27)10-20(26)11-23(24)28/h2-12,14H,13,15H2,1H3,(H,30,32). The number of aromatic nitrogens is 2. The maximum absolute atomic E-state index is 12.7. The fourth-order valence-corrected chi connectivity index (χ4v) is 4.15. The Morgan fingerprint density at radius 3 is 2.45 bits per heavy atom. The normalized spacial score (nSPS) is 10.8. The number of carbonyl (C=O) groups excluding carboxylic acids is 1. The maximum atomic E-state index is 12.7. The number of anilines is 1. The minimum Gasteiger partial charge on any atom is -0.486 e. The molecule has 0 aliphatic rings. The summed E-state index contributed by atoms with van der Waals surface area (Å²) in [5.74, 6) is 0.105. The van der Waals surface area contributed by atoms with Crippen LogP contribution in [0.25, 0.3) is 0 Å². The average Bonchev–Trinajstić information content (AvgIpc) is 3.21. The Hall–Kier alpha value is -2.99. The average molecular weight is 501 g/mol. The van der Waals surface area contributed by atoms with Crippen molar-refractivity contribution < 1.29 is 9.53 Å². The predicted molar refractivity (Wildman–Crippen MR) is 133 cm³/mol. The first-order valence-corrected chi connectivity index (χ1v) is 11.3. The van der Waals surface area contributed by atoms with Crippen LogP contribution in [0, 0.1) is 6.92 Å². The Labute approximate surface area is 206 Å². The van der Waals surface area contributed by atoms with Crippen molar-refractivity contribution in [3.05, 3.63) is 110 Å². The lowest BCUT2D eigenvalue weighted by Gasteiger charge is -2.11. The summed E-state index contributed by atoms with van der Waals surface area (Å²) in [7, 11) is 0. The summed E-state index contributed by atoms with van der Waals surface area (Å²) in [5, 5.41) is 8.29. The molecule has 0 saturated carbocycles. The molecule has 3 aromatic carbocycles. The van der Waals surface area contributed by atoms with Crippen molar-refractivity contribution in [2.24, 2.45) is 0 Å². The van der Waals surface area contributed by atoms with Crippen LogP contribution in [0.3, 0.4) is 0 Å². The molecule has 0 aliphatic heterocycles. The number of ether oxygens (including phenoxy) is 1. The summed E-state index contributed by atoms with van der Waals surface area (Å²) >= 11 is 18.3. The Morgan fingerprint density at radius 1 is 1.00 bits per heavy atom. The van der Waals surface area contributed by atoms with Crippen molar-refractivity contribution in [3.8, 4) is 5.75 Å². The van der Waals surface area contributed by atoms with Gasteiger partial charge in [0.2, 0.25) is 0 Å². The molecule has 0 saturated heterocycles. The van der Waals surface area contributed by atoms with Gasteiger partial charge in [0, 0.05) is 16.8 Å². The second-order valence-electron chi connectivity index (χ2n) is 7.55. The lowest BCUT2D eigenvalue weighted by molar-refractivity contribution is 0.102. The van der Waals surface area contributed by atoms with Crippen LogP contribution in [0.4, 0.5) is 5.69 Å². The lowest BCUT2D eigenvalue weighted by atomic mass is 10.1. The number of rotatable bonds is 7. The molecule has 0 unspecified atom stereocenters. The van der Waals surface area contributed by atoms with E-state index in [0.29, 0.717) is 38.6 Å². The zero-order valence-corrected chi connectivity index (χ0v) is 20.0. The molecular formula is C25H20Cl3N3O2. The fourth-order valence-electron chi connectivity index (χ4n) is 3.22. The molecule has 1 amide bonds. The van der Waals surface area contributed by atoms with E-state index in [1.807, 2.05) is 6.07 Å². The van der Waals surface area contributed by atoms with Gasteiger partial charge in [0.25, 0.3) is 5.91 Å². The Kier molecular flexibility index (Phi) is 7.23. The number of nitrogens with zero attached hydrogens (tertiary/aromatic N) is 2. The van der Waals surface area contributed by atoms with Gasteiger partial charge in [-0.25, -0.2) is 0 Å². The molecule has 0 spiro atoms. The third-order valence-electron chi connectivity index (χ3n) is 4.89. The molecule has 0 radical (unpaired) electrons. The van der Waals surface area contributed by atoms with Crippen LogP contribution in [0.2, 0.25) is 15.1 Å². The predicted octanol–water partition coefficient (Wildman–Crippen LogP) is 7.03. The van der Waals surface area contributed by atoms with Crippen LogP contribution in [0.15, 0.2) is 73.1 Å². The number of aryl methyl sites for hydroxylation is 1. The van der Waals surface area contributed by atoms with E-state index < -0.39 is 0 Å². The van der Waals surface area contributed by atoms with Gasteiger partial charge in [0.1, 0.15) is 6.61 Å². The molecule has 0 fully saturated rings. The van der Waals surface area contributed by atoms with Gasteiger partial charge >= 0.3 is 0 Å². The monoisotopic (exact) mass is 499 g/mol. The number of amides is 1. The molecule has 33 heavy (non-hydrogen) atoms. The van der Waals surface area contributed by atoms with Gasteiger partial charge in [-0.15, -0.1) is 0 Å². The van der Waals surface area contributed by atoms with E-state index in [-0.39, 0.29) is 12.5 Å². The van der Waals surface area contributed by atoms with Crippen LogP contribution in [-0.2, 0) is 13.2 Å². The summed E-state index contributed by atoms with van der Waals surface area (Å²) < 4.78 is 7.54. The highest BCUT2D eigenvalue weighted by Gasteiger charge is 2.12. The van der Waals surface area contributed by atoms with E-state index in [9.17, 15) is 4.79 Å². The second-order valence-corrected chi connectivity index (χ2v) is 8.80. The van der Waals surface area contributed by atoms with Gasteiger partial charge < -0.3 is 10.1 Å². The maximum Gasteiger partial charge on any atom is 0.255 e. The SMILES string of the molecule is Cc1ccc(Cn2cc(NC(=O)c3cccc(COc4c(Cl)cc(Cl)cc4Cl)c3)cn2)cc1. The fraction of sp³-hybridized carbons (Fsp3) is 0.120. The van der Waals surface area contributed by atoms with Crippen LogP contribution in [-0.4, -0.2) is 15.7 Å². The Bertz CT molecular complexity index is 1260. The molecular weight excluding hydrogens is 481 g/mol. The first-order valence-electron chi connectivity index (χ1n) is 10.1. The molecule has 8 heteroatoms. The van der Waals surface area contributed by atoms with E-state index in [1.165, 1.54) is 5.56 Å². The van der Waals surface area contributed by atoms with Crippen LogP contribution in [0.5, 0.6) is 5.75 Å². The molecule has 0 atom stereocenters. The van der Waals surface area contributed by atoms with Gasteiger partial charge in [-0.1, -0.05) is 76.8 Å². The first-order chi connectivity index (χ1) is 15.9. The highest BCUT2D eigenvalue weighted by atomic mass is 35.5. The zero-order chi connectivity index (χ0) is 23.4.